The first kappa shape index (κ1) is 29.0. The molecule has 0 aromatic heterocycles. The number of phenols is 2. The van der Waals surface area contributed by atoms with E-state index in [9.17, 15) is 30.3 Å². The highest BCUT2D eigenvalue weighted by atomic mass is 16.5. The van der Waals surface area contributed by atoms with E-state index in [2.05, 4.69) is 0 Å². The molecule has 3 aromatic carbocycles. The van der Waals surface area contributed by atoms with E-state index in [1.807, 2.05) is 0 Å². The van der Waals surface area contributed by atoms with E-state index in [1.54, 1.807) is 30.3 Å². The van der Waals surface area contributed by atoms with Crippen LogP contribution in [0.5, 0.6) is 28.7 Å². The number of ether oxygens (including phenoxy) is 4. The van der Waals surface area contributed by atoms with Crippen LogP contribution in [0.15, 0.2) is 54.6 Å². The fraction of sp³-hybridized carbons (Fsp3) is 0.367. The number of phenolic OH excluding ortho intramolecular Hbond substituents is 2. The van der Waals surface area contributed by atoms with Crippen molar-refractivity contribution in [1.29, 1.82) is 0 Å². The Morgan fingerprint density at radius 3 is 2.10 bits per heavy atom. The number of carbonyl (C=O) groups excluding carboxylic acids is 1. The number of aromatic hydroxyl groups is 2. The number of carbonyl (C=O) groups is 1. The van der Waals surface area contributed by atoms with Crippen molar-refractivity contribution in [2.24, 2.45) is 11.8 Å². The van der Waals surface area contributed by atoms with Gasteiger partial charge in [-0.1, -0.05) is 24.3 Å². The summed E-state index contributed by atoms with van der Waals surface area (Å²) in [6, 6.07) is 14.2. The summed E-state index contributed by atoms with van der Waals surface area (Å²) in [5.41, 5.74) is 2.16. The fourth-order valence-electron chi connectivity index (χ4n) is 5.17. The molecule has 0 radical (unpaired) electrons. The average Bonchev–Trinajstić information content (AvgIpc) is 3.33. The van der Waals surface area contributed by atoms with Crippen molar-refractivity contribution in [3.05, 3.63) is 76.9 Å². The van der Waals surface area contributed by atoms with Gasteiger partial charge >= 0.3 is 5.97 Å². The van der Waals surface area contributed by atoms with E-state index >= 15 is 0 Å². The Bertz CT molecular complexity index is 1340. The molecule has 1 heterocycles. The maximum absolute atomic E-state index is 12.6. The lowest BCUT2D eigenvalue weighted by Crippen LogP contribution is -2.25. The van der Waals surface area contributed by atoms with E-state index in [1.165, 1.54) is 45.6 Å². The smallest absolute Gasteiger partial charge is 0.309 e. The molecule has 1 aliphatic heterocycles. The van der Waals surface area contributed by atoms with Crippen LogP contribution in [0.4, 0.5) is 0 Å². The van der Waals surface area contributed by atoms with Gasteiger partial charge in [0, 0.05) is 17.4 Å². The Kier molecular flexibility index (Phi) is 9.03. The SMILES string of the molecule is COc1cc(C[C@H]2C(=O)OC[C@@H]2[C@@H](O)c2ccc([C@@H](CO)[C@@H](O)c3ccc(O)c(OC)c3)c(OC)c2)ccc1O. The molecular weight excluding hydrogens is 520 g/mol. The third kappa shape index (κ3) is 5.79. The molecule has 0 saturated carbocycles. The van der Waals surface area contributed by atoms with Crippen LogP contribution in [0.2, 0.25) is 0 Å². The first-order chi connectivity index (χ1) is 19.2. The summed E-state index contributed by atoms with van der Waals surface area (Å²) in [5, 5.41) is 52.4. The molecule has 1 aliphatic rings. The zero-order valence-electron chi connectivity index (χ0n) is 22.5. The lowest BCUT2D eigenvalue weighted by molar-refractivity contribution is -0.141. The Morgan fingerprint density at radius 2 is 1.45 bits per heavy atom. The monoisotopic (exact) mass is 554 g/mol. The zero-order chi connectivity index (χ0) is 29.0. The van der Waals surface area contributed by atoms with Gasteiger partial charge in [-0.05, 0) is 53.4 Å². The maximum atomic E-state index is 12.6. The quantitative estimate of drug-likeness (QED) is 0.223. The van der Waals surface area contributed by atoms with Gasteiger partial charge < -0.3 is 44.5 Å². The second-order valence-electron chi connectivity index (χ2n) is 9.72. The lowest BCUT2D eigenvalue weighted by Gasteiger charge is -2.26. The fourth-order valence-corrected chi connectivity index (χ4v) is 5.17. The number of rotatable bonds is 11. The zero-order valence-corrected chi connectivity index (χ0v) is 22.5. The number of esters is 1. The highest BCUT2D eigenvalue weighted by molar-refractivity contribution is 5.75. The first-order valence-corrected chi connectivity index (χ1v) is 12.8. The molecule has 10 nitrogen and oxygen atoms in total. The van der Waals surface area contributed by atoms with Gasteiger partial charge in [0.1, 0.15) is 5.75 Å². The standard InChI is InChI=1S/C30H34O10/c1-37-25-12-17(5-7-19(25)21(14-31)28(34)18-6-9-24(33)27(13-18)39-3)29(35)22-15-40-30(36)20(22)10-16-4-8-23(32)26(11-16)38-2/h4-9,11-13,20-22,28-29,31-35H,10,14-15H2,1-3H3/t20-,21-,22+,28+,29+/m1/s1. The van der Waals surface area contributed by atoms with E-state index in [0.717, 1.165) is 5.56 Å². The molecule has 3 aromatic rings. The molecule has 0 bridgehead atoms. The van der Waals surface area contributed by atoms with Crippen LogP contribution in [-0.4, -0.2) is 66.0 Å². The molecule has 1 fully saturated rings. The number of benzene rings is 3. The molecule has 4 rings (SSSR count). The maximum Gasteiger partial charge on any atom is 0.309 e. The highest BCUT2D eigenvalue weighted by Gasteiger charge is 2.42. The van der Waals surface area contributed by atoms with Gasteiger partial charge in [0.05, 0.1) is 52.7 Å². The first-order valence-electron chi connectivity index (χ1n) is 12.8. The highest BCUT2D eigenvalue weighted by Crippen LogP contribution is 2.42. The molecule has 214 valence electrons. The second-order valence-corrected chi connectivity index (χ2v) is 9.72. The average molecular weight is 555 g/mol. The molecular formula is C30H34O10. The van der Waals surface area contributed by atoms with E-state index in [-0.39, 0.29) is 36.0 Å². The number of methoxy groups -OCH3 is 3. The minimum absolute atomic E-state index is 0.0140. The van der Waals surface area contributed by atoms with Gasteiger partial charge in [0.2, 0.25) is 0 Å². The summed E-state index contributed by atoms with van der Waals surface area (Å²) in [5.74, 6) is -1.67. The molecule has 0 aliphatic carbocycles. The van der Waals surface area contributed by atoms with Crippen molar-refractivity contribution < 1.29 is 49.3 Å². The third-order valence-electron chi connectivity index (χ3n) is 7.46. The van der Waals surface area contributed by atoms with Gasteiger partial charge in [0.25, 0.3) is 0 Å². The minimum Gasteiger partial charge on any atom is -0.504 e. The number of hydrogen-bond acceptors (Lipinski definition) is 10. The van der Waals surface area contributed by atoms with Crippen LogP contribution in [0.3, 0.4) is 0 Å². The molecule has 0 amide bonds. The van der Waals surface area contributed by atoms with Gasteiger partial charge in [0.15, 0.2) is 23.0 Å². The van der Waals surface area contributed by atoms with Crippen LogP contribution in [0.1, 0.15) is 40.4 Å². The minimum atomic E-state index is -1.16. The lowest BCUT2D eigenvalue weighted by atomic mass is 9.82. The largest absolute Gasteiger partial charge is 0.504 e. The Morgan fingerprint density at radius 1 is 0.850 bits per heavy atom. The van der Waals surface area contributed by atoms with Crippen LogP contribution in [-0.2, 0) is 16.0 Å². The normalized spacial score (nSPS) is 19.0. The number of hydrogen-bond donors (Lipinski definition) is 5. The number of aliphatic hydroxyl groups excluding tert-OH is 3. The molecule has 10 heteroatoms. The van der Waals surface area contributed by atoms with Crippen molar-refractivity contribution >= 4 is 5.97 Å². The van der Waals surface area contributed by atoms with Crippen molar-refractivity contribution in [2.75, 3.05) is 34.5 Å². The van der Waals surface area contributed by atoms with Gasteiger partial charge in [-0.2, -0.15) is 0 Å². The summed E-state index contributed by atoms with van der Waals surface area (Å²) in [6.07, 6.45) is -1.95. The van der Waals surface area contributed by atoms with Crippen molar-refractivity contribution in [2.45, 2.75) is 24.5 Å². The summed E-state index contributed by atoms with van der Waals surface area (Å²) < 4.78 is 21.2. The molecule has 0 unspecified atom stereocenters. The van der Waals surface area contributed by atoms with Gasteiger partial charge in [-0.25, -0.2) is 0 Å². The van der Waals surface area contributed by atoms with Crippen molar-refractivity contribution in [1.82, 2.24) is 0 Å². The van der Waals surface area contributed by atoms with E-state index in [4.69, 9.17) is 18.9 Å². The molecule has 5 N–H and O–H groups in total. The van der Waals surface area contributed by atoms with E-state index in [0.29, 0.717) is 22.4 Å². The van der Waals surface area contributed by atoms with Crippen LogP contribution < -0.4 is 14.2 Å². The van der Waals surface area contributed by atoms with E-state index < -0.39 is 42.5 Å². The topological polar surface area (TPSA) is 155 Å². The van der Waals surface area contributed by atoms with Crippen LogP contribution in [0.25, 0.3) is 0 Å². The van der Waals surface area contributed by atoms with Crippen LogP contribution >= 0.6 is 0 Å². The molecule has 0 spiro atoms. The Hall–Kier alpha value is -3.99. The van der Waals surface area contributed by atoms with Crippen molar-refractivity contribution in [3.63, 3.8) is 0 Å². The second kappa shape index (κ2) is 12.5. The summed E-state index contributed by atoms with van der Waals surface area (Å²) >= 11 is 0. The van der Waals surface area contributed by atoms with Crippen LogP contribution in [0, 0.1) is 11.8 Å². The molecule has 5 atom stereocenters. The number of cyclic esters (lactones) is 1. The Balaban J connectivity index is 1.58. The summed E-state index contributed by atoms with van der Waals surface area (Å²) in [7, 11) is 4.29. The predicted molar refractivity (Wildman–Crippen MR) is 144 cm³/mol. The van der Waals surface area contributed by atoms with Gasteiger partial charge in [-0.15, -0.1) is 0 Å². The van der Waals surface area contributed by atoms with Crippen molar-refractivity contribution in [3.8, 4) is 28.7 Å². The number of aliphatic hydroxyl groups is 3. The predicted octanol–water partition coefficient (Wildman–Crippen LogP) is 3.00. The third-order valence-corrected chi connectivity index (χ3v) is 7.46. The molecule has 40 heavy (non-hydrogen) atoms. The molecule has 1 saturated heterocycles. The summed E-state index contributed by atoms with van der Waals surface area (Å²) in [4.78, 5) is 12.6. The Labute approximate surface area is 232 Å². The van der Waals surface area contributed by atoms with Gasteiger partial charge in [-0.3, -0.25) is 4.79 Å². The summed E-state index contributed by atoms with van der Waals surface area (Å²) in [6.45, 7) is -0.379.